The zero-order valence-corrected chi connectivity index (χ0v) is 10.2. The summed E-state index contributed by atoms with van der Waals surface area (Å²) in [5.41, 5.74) is 0. The first kappa shape index (κ1) is 13.3. The summed E-state index contributed by atoms with van der Waals surface area (Å²) in [6, 6.07) is 4.75. The highest BCUT2D eigenvalue weighted by Crippen LogP contribution is 2.19. The van der Waals surface area contributed by atoms with Crippen molar-refractivity contribution in [2.24, 2.45) is 0 Å². The maximum Gasteiger partial charge on any atom is 0.326 e. The first-order valence-electron chi connectivity index (χ1n) is 5.98. The van der Waals surface area contributed by atoms with Gasteiger partial charge in [-0.3, -0.25) is 4.79 Å². The van der Waals surface area contributed by atoms with Gasteiger partial charge in [0.15, 0.2) is 0 Å². The van der Waals surface area contributed by atoms with E-state index in [2.05, 4.69) is 0 Å². The number of aliphatic carboxylic acids is 1. The van der Waals surface area contributed by atoms with Gasteiger partial charge in [-0.25, -0.2) is 9.18 Å². The van der Waals surface area contributed by atoms with E-state index in [0.717, 1.165) is 0 Å². The number of carbonyl (C=O) groups excluding carboxylic acids is 1. The molecular weight excluding hydrogens is 253 g/mol. The van der Waals surface area contributed by atoms with Crippen LogP contribution in [0.3, 0.4) is 0 Å². The Balaban J connectivity index is 1.86. The number of ether oxygens (including phenoxy) is 1. The number of nitrogens with zero attached hydrogens (tertiary/aromatic N) is 1. The van der Waals surface area contributed by atoms with Crippen LogP contribution in [-0.4, -0.2) is 41.1 Å². The van der Waals surface area contributed by atoms with Crippen molar-refractivity contribution in [3.63, 3.8) is 0 Å². The van der Waals surface area contributed by atoms with E-state index in [0.29, 0.717) is 12.2 Å². The predicted octanol–water partition coefficient (Wildman–Crippen LogP) is 1.28. The normalized spacial score (nSPS) is 18.7. The lowest BCUT2D eigenvalue weighted by molar-refractivity contribution is -0.146. The second kappa shape index (κ2) is 5.69. The third kappa shape index (κ3) is 3.21. The molecule has 5 nitrogen and oxygen atoms in total. The highest BCUT2D eigenvalue weighted by molar-refractivity contribution is 5.87. The fraction of sp³-hybridized carbons (Fsp3) is 0.385. The molecule has 1 unspecified atom stereocenters. The molecule has 19 heavy (non-hydrogen) atoms. The lowest BCUT2D eigenvalue weighted by Gasteiger charge is -2.21. The van der Waals surface area contributed by atoms with Crippen LogP contribution in [0.1, 0.15) is 12.8 Å². The third-order valence-electron chi connectivity index (χ3n) is 3.03. The van der Waals surface area contributed by atoms with Crippen molar-refractivity contribution in [1.29, 1.82) is 0 Å². The molecule has 1 heterocycles. The van der Waals surface area contributed by atoms with Crippen LogP contribution in [0.2, 0.25) is 0 Å². The molecule has 0 saturated carbocycles. The fourth-order valence-electron chi connectivity index (χ4n) is 2.06. The van der Waals surface area contributed by atoms with Gasteiger partial charge in [-0.1, -0.05) is 0 Å². The molecule has 1 amide bonds. The Kier molecular flexibility index (Phi) is 3.99. The van der Waals surface area contributed by atoms with Crippen LogP contribution in [0.5, 0.6) is 5.75 Å². The molecule has 1 N–H and O–H groups in total. The van der Waals surface area contributed by atoms with Gasteiger partial charge in [-0.15, -0.1) is 0 Å². The molecule has 1 aliphatic heterocycles. The van der Waals surface area contributed by atoms with E-state index in [1.54, 1.807) is 0 Å². The van der Waals surface area contributed by atoms with Crippen LogP contribution >= 0.6 is 0 Å². The Morgan fingerprint density at radius 2 is 2.11 bits per heavy atom. The first-order valence-corrected chi connectivity index (χ1v) is 5.98. The second-order valence-electron chi connectivity index (χ2n) is 4.28. The molecule has 0 bridgehead atoms. The molecule has 6 heteroatoms. The van der Waals surface area contributed by atoms with E-state index in [1.165, 1.54) is 29.2 Å². The average Bonchev–Trinajstić information content (AvgIpc) is 2.74. The van der Waals surface area contributed by atoms with Gasteiger partial charge in [0.2, 0.25) is 5.91 Å². The van der Waals surface area contributed by atoms with E-state index in [4.69, 9.17) is 9.84 Å². The zero-order valence-electron chi connectivity index (χ0n) is 10.2. The molecular formula is C13H14FNO4. The van der Waals surface area contributed by atoms with Crippen molar-refractivity contribution >= 4 is 11.9 Å². The quantitative estimate of drug-likeness (QED) is 0.872. The summed E-state index contributed by atoms with van der Waals surface area (Å²) in [7, 11) is 0. The third-order valence-corrected chi connectivity index (χ3v) is 3.03. The van der Waals surface area contributed by atoms with Crippen molar-refractivity contribution in [1.82, 2.24) is 4.90 Å². The molecule has 2 rings (SSSR count). The Morgan fingerprint density at radius 1 is 1.42 bits per heavy atom. The number of halogens is 1. The van der Waals surface area contributed by atoms with Crippen molar-refractivity contribution < 1.29 is 23.8 Å². The summed E-state index contributed by atoms with van der Waals surface area (Å²) in [5, 5.41) is 8.97. The number of amides is 1. The molecule has 0 radical (unpaired) electrons. The Bertz CT molecular complexity index is 474. The maximum absolute atomic E-state index is 12.7. The lowest BCUT2D eigenvalue weighted by atomic mass is 10.2. The molecule has 102 valence electrons. The van der Waals surface area contributed by atoms with Gasteiger partial charge in [0.05, 0.1) is 6.54 Å². The summed E-state index contributed by atoms with van der Waals surface area (Å²) in [6.45, 7) is 0.397. The largest absolute Gasteiger partial charge is 0.492 e. The molecule has 1 fully saturated rings. The first-order chi connectivity index (χ1) is 9.08. The fourth-order valence-corrected chi connectivity index (χ4v) is 2.06. The lowest BCUT2D eigenvalue weighted by Crippen LogP contribution is -2.40. The van der Waals surface area contributed by atoms with Crippen LogP contribution in [-0.2, 0) is 9.59 Å². The molecule has 1 aromatic rings. The maximum atomic E-state index is 12.7. The molecule has 0 aliphatic carbocycles. The molecule has 1 aliphatic rings. The smallest absolute Gasteiger partial charge is 0.326 e. The topological polar surface area (TPSA) is 66.8 Å². The summed E-state index contributed by atoms with van der Waals surface area (Å²) in [5.74, 6) is -1.03. The van der Waals surface area contributed by atoms with Crippen LogP contribution in [0.25, 0.3) is 0 Å². The number of carboxylic acids is 1. The van der Waals surface area contributed by atoms with E-state index < -0.39 is 12.0 Å². The summed E-state index contributed by atoms with van der Waals surface area (Å²) in [4.78, 5) is 23.8. The van der Waals surface area contributed by atoms with Crippen molar-refractivity contribution in [3.8, 4) is 5.75 Å². The van der Waals surface area contributed by atoms with Crippen LogP contribution in [0, 0.1) is 5.82 Å². The molecule has 0 aromatic heterocycles. The van der Waals surface area contributed by atoms with Crippen molar-refractivity contribution in [2.45, 2.75) is 18.9 Å². The monoisotopic (exact) mass is 267 g/mol. The Labute approximate surface area is 109 Å². The minimum Gasteiger partial charge on any atom is -0.492 e. The van der Waals surface area contributed by atoms with Gasteiger partial charge in [0.25, 0.3) is 0 Å². The molecule has 0 spiro atoms. The number of benzene rings is 1. The van der Waals surface area contributed by atoms with Crippen LogP contribution in [0.4, 0.5) is 4.39 Å². The van der Waals surface area contributed by atoms with Gasteiger partial charge >= 0.3 is 5.97 Å². The highest BCUT2D eigenvalue weighted by Gasteiger charge is 2.35. The predicted molar refractivity (Wildman–Crippen MR) is 64.3 cm³/mol. The number of carbonyl (C=O) groups is 2. The SMILES string of the molecule is O=C(O)C1CCC(=O)N1CCOc1ccc(F)cc1. The number of rotatable bonds is 5. The summed E-state index contributed by atoms with van der Waals surface area (Å²) in [6.07, 6.45) is 0.595. The van der Waals surface area contributed by atoms with Gasteiger partial charge in [0.1, 0.15) is 24.2 Å². The molecule has 1 atom stereocenters. The second-order valence-corrected chi connectivity index (χ2v) is 4.28. The van der Waals surface area contributed by atoms with E-state index in [-0.39, 0.29) is 31.3 Å². The van der Waals surface area contributed by atoms with Gasteiger partial charge in [0, 0.05) is 6.42 Å². The Hall–Kier alpha value is -2.11. The number of carboxylic acid groups (broad SMARTS) is 1. The van der Waals surface area contributed by atoms with Crippen molar-refractivity contribution in [2.75, 3.05) is 13.2 Å². The van der Waals surface area contributed by atoms with Crippen LogP contribution < -0.4 is 4.74 Å². The van der Waals surface area contributed by atoms with Gasteiger partial charge < -0.3 is 14.7 Å². The standard InChI is InChI=1S/C13H14FNO4/c14-9-1-3-10(4-2-9)19-8-7-15-11(13(17)18)5-6-12(15)16/h1-4,11H,5-8H2,(H,17,18). The minimum atomic E-state index is -0.993. The average molecular weight is 267 g/mol. The number of likely N-dealkylation sites (tertiary alicyclic amines) is 1. The highest BCUT2D eigenvalue weighted by atomic mass is 19.1. The number of hydrogen-bond acceptors (Lipinski definition) is 3. The van der Waals surface area contributed by atoms with E-state index in [1.807, 2.05) is 0 Å². The van der Waals surface area contributed by atoms with Gasteiger partial charge in [-0.2, -0.15) is 0 Å². The van der Waals surface area contributed by atoms with Crippen molar-refractivity contribution in [3.05, 3.63) is 30.1 Å². The Morgan fingerprint density at radius 3 is 2.74 bits per heavy atom. The zero-order chi connectivity index (χ0) is 13.8. The van der Waals surface area contributed by atoms with Gasteiger partial charge in [-0.05, 0) is 30.7 Å². The van der Waals surface area contributed by atoms with E-state index in [9.17, 15) is 14.0 Å². The number of hydrogen-bond donors (Lipinski definition) is 1. The summed E-state index contributed by atoms with van der Waals surface area (Å²) < 4.78 is 18.0. The van der Waals surface area contributed by atoms with E-state index >= 15 is 0 Å². The molecule has 1 aromatic carbocycles. The molecule has 1 saturated heterocycles. The van der Waals surface area contributed by atoms with Crippen LogP contribution in [0.15, 0.2) is 24.3 Å². The summed E-state index contributed by atoms with van der Waals surface area (Å²) >= 11 is 0. The minimum absolute atomic E-state index is 0.171.